The van der Waals surface area contributed by atoms with Crippen molar-refractivity contribution in [1.29, 1.82) is 0 Å². The van der Waals surface area contributed by atoms with Crippen LogP contribution in [0.1, 0.15) is 58.1 Å². The van der Waals surface area contributed by atoms with E-state index in [1.54, 1.807) is 7.11 Å². The Bertz CT molecular complexity index is 1920. The average Bonchev–Trinajstić information content (AvgIpc) is 3.80. The monoisotopic (exact) mass is 889 g/mol. The normalized spacial score (nSPS) is 17.2. The van der Waals surface area contributed by atoms with Crippen LogP contribution in [0.5, 0.6) is 0 Å². The van der Waals surface area contributed by atoms with Gasteiger partial charge in [0.1, 0.15) is 6.61 Å². The molecule has 1 fully saturated rings. The number of benzene rings is 2. The van der Waals surface area contributed by atoms with E-state index in [0.29, 0.717) is 118 Å². The smallest absolute Gasteiger partial charge is 0.335 e. The molecule has 3 aliphatic rings. The number of carbonyl (C=O) groups excluding carboxylic acids is 2. The number of allylic oxidation sites excluding steroid dienone is 7. The fourth-order valence-corrected chi connectivity index (χ4v) is 7.93. The van der Waals surface area contributed by atoms with E-state index in [1.807, 2.05) is 0 Å². The molecule has 1 saturated heterocycles. The third-order valence-electron chi connectivity index (χ3n) is 11.3. The summed E-state index contributed by atoms with van der Waals surface area (Å²) in [5.41, 5.74) is 7.61. The number of hydroxylamine groups is 2. The van der Waals surface area contributed by atoms with Crippen LogP contribution in [0.25, 0.3) is 0 Å². The highest BCUT2D eigenvalue weighted by atomic mass is 16.7. The number of rotatable bonds is 31. The minimum absolute atomic E-state index is 0.0345. The number of nitrogens with zero attached hydrogens (tertiary/aromatic N) is 3. The molecule has 0 spiro atoms. The summed E-state index contributed by atoms with van der Waals surface area (Å²) in [7, 11) is 1.66. The third kappa shape index (κ3) is 14.5. The molecule has 0 saturated carbocycles. The van der Waals surface area contributed by atoms with Crippen molar-refractivity contribution in [1.82, 2.24) is 5.06 Å². The summed E-state index contributed by atoms with van der Waals surface area (Å²) in [5.74, 6) is -0.793. The Kier molecular flexibility index (Phi) is 20.9. The predicted molar refractivity (Wildman–Crippen MR) is 246 cm³/mol. The zero-order valence-electron chi connectivity index (χ0n) is 38.7. The molecule has 350 valence electrons. The average molecular weight is 889 g/mol. The van der Waals surface area contributed by atoms with Crippen molar-refractivity contribution in [3.8, 4) is 0 Å². The van der Waals surface area contributed by atoms with E-state index in [9.17, 15) is 9.59 Å². The Morgan fingerprint density at radius 2 is 1.23 bits per heavy atom. The molecule has 14 nitrogen and oxygen atoms in total. The van der Waals surface area contributed by atoms with E-state index in [2.05, 4.69) is 123 Å². The lowest BCUT2D eigenvalue weighted by molar-refractivity contribution is -0.442. The van der Waals surface area contributed by atoms with E-state index in [4.69, 9.17) is 42.7 Å². The molecule has 0 radical (unpaired) electrons. The zero-order valence-corrected chi connectivity index (χ0v) is 38.7. The second-order valence-corrected chi connectivity index (χ2v) is 16.5. The minimum Gasteiger partial charge on any atom is -0.382 e. The number of hydrogen-bond donors (Lipinski definition) is 0. The summed E-state index contributed by atoms with van der Waals surface area (Å²) in [6.45, 7) is 21.4. The zero-order chi connectivity index (χ0) is 45.6. The van der Waals surface area contributed by atoms with Crippen LogP contribution in [0.4, 0.5) is 11.4 Å². The van der Waals surface area contributed by atoms with Crippen molar-refractivity contribution in [2.75, 3.05) is 124 Å². The van der Waals surface area contributed by atoms with Crippen molar-refractivity contribution < 1.29 is 56.9 Å². The second kappa shape index (κ2) is 26.5. The number of fused-ring (bicyclic) bond motifs is 2. The first-order chi connectivity index (χ1) is 31.1. The lowest BCUT2D eigenvalue weighted by Gasteiger charge is -2.27. The molecule has 0 atom stereocenters. The number of methoxy groups -OCH3 is 1. The molecule has 64 heavy (non-hydrogen) atoms. The lowest BCUT2D eigenvalue weighted by atomic mass is 9.81. The lowest BCUT2D eigenvalue weighted by Crippen LogP contribution is -2.29. The van der Waals surface area contributed by atoms with Gasteiger partial charge in [0.05, 0.1) is 110 Å². The quantitative estimate of drug-likeness (QED) is 0.0460. The van der Waals surface area contributed by atoms with Crippen LogP contribution in [0.3, 0.4) is 0 Å². The first-order valence-corrected chi connectivity index (χ1v) is 22.5. The van der Waals surface area contributed by atoms with Gasteiger partial charge in [-0.25, -0.2) is 4.79 Å². The molecule has 0 N–H and O–H groups in total. The van der Waals surface area contributed by atoms with Gasteiger partial charge < -0.3 is 47.6 Å². The van der Waals surface area contributed by atoms with Crippen LogP contribution in [0.2, 0.25) is 0 Å². The first kappa shape index (κ1) is 50.5. The van der Waals surface area contributed by atoms with Gasteiger partial charge in [-0.1, -0.05) is 75.1 Å². The van der Waals surface area contributed by atoms with Gasteiger partial charge in [0.25, 0.3) is 5.91 Å². The van der Waals surface area contributed by atoms with Gasteiger partial charge in [-0.2, -0.15) is 4.58 Å². The summed E-state index contributed by atoms with van der Waals surface area (Å²) in [4.78, 5) is 31.1. The molecule has 0 aliphatic carbocycles. The maximum Gasteiger partial charge on any atom is 0.335 e. The van der Waals surface area contributed by atoms with Crippen LogP contribution in [0.15, 0.2) is 96.9 Å². The minimum atomic E-state index is -0.535. The summed E-state index contributed by atoms with van der Waals surface area (Å²) >= 11 is 0. The van der Waals surface area contributed by atoms with Crippen LogP contribution < -0.4 is 4.90 Å². The van der Waals surface area contributed by atoms with Crippen LogP contribution >= 0.6 is 0 Å². The van der Waals surface area contributed by atoms with Crippen molar-refractivity contribution in [2.45, 2.75) is 57.8 Å². The number of hydrogen-bond acceptors (Lipinski definition) is 12. The molecular formula is C50H70N3O11+. The maximum atomic E-state index is 11.9. The van der Waals surface area contributed by atoms with E-state index >= 15 is 0 Å². The number of ether oxygens (including phenoxy) is 8. The molecule has 0 bridgehead atoms. The van der Waals surface area contributed by atoms with Crippen molar-refractivity contribution >= 4 is 29.0 Å². The highest BCUT2D eigenvalue weighted by molar-refractivity contribution is 6.03. The summed E-state index contributed by atoms with van der Waals surface area (Å²) in [6, 6.07) is 17.2. The van der Waals surface area contributed by atoms with E-state index in [-0.39, 0.29) is 29.8 Å². The van der Waals surface area contributed by atoms with Gasteiger partial charge in [0.2, 0.25) is 5.69 Å². The highest BCUT2D eigenvalue weighted by Crippen LogP contribution is 2.47. The molecule has 0 unspecified atom stereocenters. The Morgan fingerprint density at radius 3 is 1.86 bits per heavy atom. The standard InChI is InChI=1S/C50H70N3O11/c1-40-20-21-47(54)53(40)64-48(55)22-25-57-30-33-61-38-39-63-35-32-59-27-24-52-44-17-13-11-15-42(44)50(4,5)46(52)19-9-7-8-18-45-49(2,3)41-14-10-12-16-43(41)51(45)23-26-58-31-34-62-37-36-60-29-28-56-6/h7-19H,1,20-39H2,2-6H3/q+1. The van der Waals surface area contributed by atoms with Gasteiger partial charge >= 0.3 is 5.97 Å². The number of para-hydroxylation sites is 2. The van der Waals surface area contributed by atoms with Gasteiger partial charge in [-0.3, -0.25) is 4.79 Å². The second-order valence-electron chi connectivity index (χ2n) is 16.5. The van der Waals surface area contributed by atoms with Crippen molar-refractivity contribution in [3.05, 3.63) is 108 Å². The molecule has 5 rings (SSSR count). The first-order valence-electron chi connectivity index (χ1n) is 22.5. The van der Waals surface area contributed by atoms with Crippen LogP contribution in [-0.2, 0) is 63.2 Å². The highest BCUT2D eigenvalue weighted by Gasteiger charge is 2.44. The third-order valence-corrected chi connectivity index (χ3v) is 11.3. The summed E-state index contributed by atoms with van der Waals surface area (Å²) < 4.78 is 47.2. The molecule has 0 aromatic heterocycles. The number of carbonyl (C=O) groups is 2. The maximum absolute atomic E-state index is 11.9. The molecule has 3 aliphatic heterocycles. The van der Waals surface area contributed by atoms with Gasteiger partial charge in [0.15, 0.2) is 12.3 Å². The van der Waals surface area contributed by atoms with E-state index in [1.165, 1.54) is 33.9 Å². The van der Waals surface area contributed by atoms with Crippen molar-refractivity contribution in [3.63, 3.8) is 0 Å². The Morgan fingerprint density at radius 1 is 0.672 bits per heavy atom. The number of anilines is 1. The van der Waals surface area contributed by atoms with Gasteiger partial charge in [-0.05, 0) is 38.0 Å². The summed E-state index contributed by atoms with van der Waals surface area (Å²) in [6.07, 6.45) is 11.7. The SMILES string of the molecule is C=C1CCC(=O)N1OC(=O)CCOCCOCCOCCOCCN1/C(=C/C=C\C=C/C2=[N+](CCOCCOCCOCCOC)c3ccccc3C2(C)C)C(C)(C)c2ccccc21. The molecule has 14 heteroatoms. The Labute approximate surface area is 380 Å². The molecule has 3 heterocycles. The predicted octanol–water partition coefficient (Wildman–Crippen LogP) is 6.60. The van der Waals surface area contributed by atoms with E-state index < -0.39 is 5.97 Å². The van der Waals surface area contributed by atoms with Gasteiger partial charge in [-0.15, -0.1) is 5.06 Å². The fourth-order valence-electron chi connectivity index (χ4n) is 7.93. The topological polar surface area (TPSA) is 127 Å². The van der Waals surface area contributed by atoms with Gasteiger partial charge in [0, 0.05) is 54.6 Å². The summed E-state index contributed by atoms with van der Waals surface area (Å²) in [5, 5.41) is 0.977. The molecular weight excluding hydrogens is 819 g/mol. The largest absolute Gasteiger partial charge is 0.382 e. The van der Waals surface area contributed by atoms with Crippen LogP contribution in [0, 0.1) is 0 Å². The van der Waals surface area contributed by atoms with E-state index in [0.717, 1.165) is 11.6 Å². The molecule has 1 amide bonds. The fraction of sp³-hybridized carbons (Fsp3) is 0.540. The number of amides is 1. The Hall–Kier alpha value is -4.51. The van der Waals surface area contributed by atoms with Crippen molar-refractivity contribution in [2.24, 2.45) is 0 Å². The molecule has 2 aromatic rings. The molecule has 2 aromatic carbocycles. The van der Waals surface area contributed by atoms with Crippen LogP contribution in [-0.4, -0.2) is 147 Å². The Balaban J connectivity index is 1.03.